The largest absolute Gasteiger partial charge is 0.462 e. The molecule has 28 heavy (non-hydrogen) atoms. The third-order valence-electron chi connectivity index (χ3n) is 6.58. The van der Waals surface area contributed by atoms with E-state index in [1.54, 1.807) is 6.33 Å². The smallest absolute Gasteiger partial charge is 0.283 e. The van der Waals surface area contributed by atoms with Crippen LogP contribution in [0, 0.1) is 11.8 Å². The van der Waals surface area contributed by atoms with Crippen LogP contribution in [0.4, 0.5) is 0 Å². The van der Waals surface area contributed by atoms with Gasteiger partial charge in [0.25, 0.3) is 6.02 Å². The summed E-state index contributed by atoms with van der Waals surface area (Å²) in [5.74, 6) is 0.910. The maximum atomic E-state index is 6.02. The van der Waals surface area contributed by atoms with Crippen LogP contribution in [0.15, 0.2) is 41.9 Å². The Morgan fingerprint density at radius 3 is 2.50 bits per heavy atom. The van der Waals surface area contributed by atoms with E-state index in [9.17, 15) is 0 Å². The van der Waals surface area contributed by atoms with Crippen LogP contribution < -0.4 is 5.73 Å². The highest BCUT2D eigenvalue weighted by atomic mass is 16.5. The predicted molar refractivity (Wildman–Crippen MR) is 107 cm³/mol. The van der Waals surface area contributed by atoms with Gasteiger partial charge in [-0.3, -0.25) is 0 Å². The lowest BCUT2D eigenvalue weighted by Gasteiger charge is -2.40. The zero-order valence-corrected chi connectivity index (χ0v) is 16.3. The van der Waals surface area contributed by atoms with Crippen LogP contribution in [-0.4, -0.2) is 34.8 Å². The Balaban J connectivity index is 1.58. The second kappa shape index (κ2) is 6.55. The molecular formula is C22H26N4O2. The van der Waals surface area contributed by atoms with Crippen molar-refractivity contribution in [1.82, 2.24) is 9.97 Å². The Bertz CT molecular complexity index is 906. The second-order valence-corrected chi connectivity index (χ2v) is 8.46. The number of amidine groups is 1. The average molecular weight is 378 g/mol. The van der Waals surface area contributed by atoms with Crippen LogP contribution in [0.2, 0.25) is 0 Å². The van der Waals surface area contributed by atoms with Gasteiger partial charge < -0.3 is 15.2 Å². The number of hydrogen-bond acceptors (Lipinski definition) is 6. The van der Waals surface area contributed by atoms with Gasteiger partial charge in [-0.05, 0) is 67.7 Å². The molecule has 1 fully saturated rings. The molecule has 0 bridgehead atoms. The van der Waals surface area contributed by atoms with Gasteiger partial charge in [0.1, 0.15) is 18.5 Å². The van der Waals surface area contributed by atoms with Gasteiger partial charge in [-0.1, -0.05) is 12.1 Å². The van der Waals surface area contributed by atoms with E-state index in [0.717, 1.165) is 30.4 Å². The topological polar surface area (TPSA) is 82.6 Å². The van der Waals surface area contributed by atoms with Gasteiger partial charge in [0.2, 0.25) is 0 Å². The van der Waals surface area contributed by atoms with Crippen LogP contribution >= 0.6 is 0 Å². The maximum Gasteiger partial charge on any atom is 0.283 e. The van der Waals surface area contributed by atoms with Crippen LogP contribution in [0.1, 0.15) is 37.8 Å². The molecule has 3 unspecified atom stereocenters. The lowest BCUT2D eigenvalue weighted by atomic mass is 9.72. The first-order chi connectivity index (χ1) is 13.5. The Hall–Kier alpha value is -2.47. The van der Waals surface area contributed by atoms with Gasteiger partial charge in [-0.25, -0.2) is 15.0 Å². The molecule has 5 rings (SSSR count). The minimum absolute atomic E-state index is 0.273. The molecule has 1 aliphatic carbocycles. The average Bonchev–Trinajstić information content (AvgIpc) is 3.22. The highest BCUT2D eigenvalue weighted by molar-refractivity contribution is 5.75. The van der Waals surface area contributed by atoms with E-state index < -0.39 is 5.54 Å². The van der Waals surface area contributed by atoms with E-state index in [1.165, 1.54) is 11.1 Å². The predicted octanol–water partition coefficient (Wildman–Crippen LogP) is 3.06. The monoisotopic (exact) mass is 378 g/mol. The van der Waals surface area contributed by atoms with Crippen molar-refractivity contribution in [2.75, 3.05) is 6.61 Å². The molecule has 5 atom stereocenters. The van der Waals surface area contributed by atoms with E-state index in [2.05, 4.69) is 42.0 Å². The molecular weight excluding hydrogens is 352 g/mol. The van der Waals surface area contributed by atoms with E-state index in [0.29, 0.717) is 24.5 Å². The summed E-state index contributed by atoms with van der Waals surface area (Å²) < 4.78 is 11.7. The molecule has 1 aromatic heterocycles. The lowest BCUT2D eigenvalue weighted by Crippen LogP contribution is -2.41. The summed E-state index contributed by atoms with van der Waals surface area (Å²) in [4.78, 5) is 13.2. The van der Waals surface area contributed by atoms with Crippen LogP contribution in [0.5, 0.6) is 0 Å². The van der Waals surface area contributed by atoms with Crippen molar-refractivity contribution in [3.05, 3.63) is 48.0 Å². The Labute approximate surface area is 165 Å². The molecule has 1 aromatic carbocycles. The molecule has 0 saturated carbocycles. The van der Waals surface area contributed by atoms with Gasteiger partial charge >= 0.3 is 0 Å². The molecule has 146 valence electrons. The first-order valence-corrected chi connectivity index (χ1v) is 10.1. The number of ether oxygens (including phenoxy) is 2. The number of rotatable bonds is 2. The van der Waals surface area contributed by atoms with Gasteiger partial charge in [0.05, 0.1) is 12.2 Å². The molecule has 1 saturated heterocycles. The zero-order chi connectivity index (χ0) is 19.3. The number of aliphatic imine (C=N–C) groups is 1. The molecule has 2 aromatic rings. The number of hydrogen-bond donors (Lipinski definition) is 1. The van der Waals surface area contributed by atoms with Gasteiger partial charge in [0, 0.05) is 18.0 Å². The fourth-order valence-electron chi connectivity index (χ4n) is 5.51. The number of fused-ring (bicyclic) bond motifs is 2. The minimum Gasteiger partial charge on any atom is -0.462 e. The molecule has 0 radical (unpaired) electrons. The third-order valence-corrected chi connectivity index (χ3v) is 6.58. The normalized spacial score (nSPS) is 34.1. The van der Waals surface area contributed by atoms with Crippen molar-refractivity contribution in [3.8, 4) is 11.1 Å². The van der Waals surface area contributed by atoms with Crippen LogP contribution in [0.25, 0.3) is 11.1 Å². The Morgan fingerprint density at radius 1 is 1.07 bits per heavy atom. The Kier molecular flexibility index (Phi) is 4.12. The summed E-state index contributed by atoms with van der Waals surface area (Å²) in [6.45, 7) is 4.87. The molecule has 6 heteroatoms. The van der Waals surface area contributed by atoms with Gasteiger partial charge in [0.15, 0.2) is 0 Å². The molecule has 2 N–H and O–H groups in total. The van der Waals surface area contributed by atoms with Crippen molar-refractivity contribution in [2.45, 2.75) is 50.9 Å². The quantitative estimate of drug-likeness (QED) is 0.868. The third kappa shape index (κ3) is 2.78. The summed E-state index contributed by atoms with van der Waals surface area (Å²) in [5, 5.41) is 0. The first kappa shape index (κ1) is 17.6. The Morgan fingerprint density at radius 2 is 1.82 bits per heavy atom. The van der Waals surface area contributed by atoms with E-state index in [4.69, 9.17) is 20.2 Å². The molecule has 2 aliphatic heterocycles. The van der Waals surface area contributed by atoms with Gasteiger partial charge in [-0.15, -0.1) is 0 Å². The second-order valence-electron chi connectivity index (χ2n) is 8.46. The number of benzene rings is 1. The molecule has 0 amide bonds. The standard InChI is InChI=1S/C22H26N4O2/c1-13-5-17(6-14(2)28-13)20-8-16-4-3-15(18-9-24-12-25-10-18)7-19(16)22(20)11-27-21(23)26-22/h3-4,7,9-10,12-14,17,20H,5-6,8,11H2,1-2H3,(H2,23,26)/t13-,14+,17?,20?,22?. The number of aromatic nitrogens is 2. The molecule has 3 heterocycles. The lowest BCUT2D eigenvalue weighted by molar-refractivity contribution is -0.0707. The fraction of sp³-hybridized carbons (Fsp3) is 0.500. The number of nitrogens with zero attached hydrogens (tertiary/aromatic N) is 3. The molecule has 1 spiro atoms. The molecule has 3 aliphatic rings. The van der Waals surface area contributed by atoms with E-state index in [1.807, 2.05) is 12.4 Å². The van der Waals surface area contributed by atoms with E-state index in [-0.39, 0.29) is 12.2 Å². The number of nitrogens with two attached hydrogens (primary N) is 1. The SMILES string of the molecule is C[C@@H]1CC(C2Cc3ccc(-c4cncnc4)cc3C23COC(N)=N3)C[C@H](C)O1. The van der Waals surface area contributed by atoms with Crippen molar-refractivity contribution >= 4 is 6.02 Å². The summed E-state index contributed by atoms with van der Waals surface area (Å²) in [6.07, 6.45) is 8.91. The zero-order valence-electron chi connectivity index (χ0n) is 16.3. The van der Waals surface area contributed by atoms with Crippen molar-refractivity contribution < 1.29 is 9.47 Å². The van der Waals surface area contributed by atoms with E-state index >= 15 is 0 Å². The summed E-state index contributed by atoms with van der Waals surface area (Å²) in [6, 6.07) is 6.94. The van der Waals surface area contributed by atoms with Gasteiger partial charge in [-0.2, -0.15) is 0 Å². The first-order valence-electron chi connectivity index (χ1n) is 10.1. The summed E-state index contributed by atoms with van der Waals surface area (Å²) >= 11 is 0. The highest BCUT2D eigenvalue weighted by Gasteiger charge is 2.54. The summed E-state index contributed by atoms with van der Waals surface area (Å²) in [5.41, 5.74) is 10.3. The van der Waals surface area contributed by atoms with Crippen molar-refractivity contribution in [1.29, 1.82) is 0 Å². The van der Waals surface area contributed by atoms with Crippen LogP contribution in [-0.2, 0) is 21.4 Å². The van der Waals surface area contributed by atoms with Crippen LogP contribution in [0.3, 0.4) is 0 Å². The summed E-state index contributed by atoms with van der Waals surface area (Å²) in [7, 11) is 0. The van der Waals surface area contributed by atoms with Crippen molar-refractivity contribution in [3.63, 3.8) is 0 Å². The van der Waals surface area contributed by atoms with Crippen molar-refractivity contribution in [2.24, 2.45) is 22.6 Å². The fourth-order valence-corrected chi connectivity index (χ4v) is 5.51. The highest BCUT2D eigenvalue weighted by Crippen LogP contribution is 2.53. The molecule has 6 nitrogen and oxygen atoms in total. The maximum absolute atomic E-state index is 6.02. The minimum atomic E-state index is -0.396.